The van der Waals surface area contributed by atoms with E-state index in [9.17, 15) is 8.42 Å². The van der Waals surface area contributed by atoms with E-state index in [4.69, 9.17) is 9.47 Å². The molecule has 22 heavy (non-hydrogen) atoms. The Balaban J connectivity index is 2.57. The number of ether oxygens (including phenoxy) is 2. The molecule has 0 aromatic heterocycles. The SMILES string of the molecule is COc1ccc(OC)c([C@@H](C[NH3+])S(=O)(=O)c2ccccc2)c1. The maximum atomic E-state index is 12.9. The van der Waals surface area contributed by atoms with E-state index >= 15 is 0 Å². The molecule has 2 aromatic carbocycles. The Hall–Kier alpha value is -2.05. The van der Waals surface area contributed by atoms with Gasteiger partial charge in [-0.05, 0) is 30.3 Å². The molecule has 0 aliphatic heterocycles. The van der Waals surface area contributed by atoms with E-state index in [0.29, 0.717) is 17.1 Å². The number of sulfone groups is 1. The lowest BCUT2D eigenvalue weighted by Crippen LogP contribution is -2.54. The highest BCUT2D eigenvalue weighted by Crippen LogP contribution is 2.35. The van der Waals surface area contributed by atoms with E-state index in [-0.39, 0.29) is 11.4 Å². The number of quaternary nitrogens is 1. The van der Waals surface area contributed by atoms with Crippen molar-refractivity contribution in [2.45, 2.75) is 10.1 Å². The summed E-state index contributed by atoms with van der Waals surface area (Å²) in [4.78, 5) is 0.272. The van der Waals surface area contributed by atoms with Gasteiger partial charge in [-0.15, -0.1) is 0 Å². The number of methoxy groups -OCH3 is 2. The lowest BCUT2D eigenvalue weighted by atomic mass is 10.1. The van der Waals surface area contributed by atoms with Gasteiger partial charge in [0.25, 0.3) is 0 Å². The summed E-state index contributed by atoms with van der Waals surface area (Å²) >= 11 is 0. The Morgan fingerprint density at radius 3 is 2.27 bits per heavy atom. The minimum absolute atomic E-state index is 0.195. The largest absolute Gasteiger partial charge is 0.497 e. The lowest BCUT2D eigenvalue weighted by molar-refractivity contribution is -0.367. The molecule has 0 unspecified atom stereocenters. The van der Waals surface area contributed by atoms with Crippen LogP contribution < -0.4 is 15.2 Å². The van der Waals surface area contributed by atoms with E-state index in [1.54, 1.807) is 48.5 Å². The standard InChI is InChI=1S/C16H19NO4S/c1-20-12-8-9-15(21-2)14(10-12)16(11-17)22(18,19)13-6-4-3-5-7-13/h3-10,16H,11,17H2,1-2H3/p+1/t16-/m1/s1. The highest BCUT2D eigenvalue weighted by atomic mass is 32.2. The van der Waals surface area contributed by atoms with Gasteiger partial charge in [0.2, 0.25) is 0 Å². The molecule has 0 saturated carbocycles. The molecule has 2 rings (SSSR count). The predicted octanol–water partition coefficient (Wildman–Crippen LogP) is 1.46. The van der Waals surface area contributed by atoms with Crippen LogP contribution in [0.25, 0.3) is 0 Å². The van der Waals surface area contributed by atoms with Gasteiger partial charge >= 0.3 is 0 Å². The molecule has 0 bridgehead atoms. The number of benzene rings is 2. The van der Waals surface area contributed by atoms with Crippen molar-refractivity contribution in [1.82, 2.24) is 0 Å². The van der Waals surface area contributed by atoms with Crippen LogP contribution in [0.4, 0.5) is 0 Å². The second-order valence-electron chi connectivity index (χ2n) is 4.74. The Morgan fingerprint density at radius 1 is 1.05 bits per heavy atom. The fourth-order valence-electron chi connectivity index (χ4n) is 2.34. The Bertz CT molecular complexity index is 729. The summed E-state index contributed by atoms with van der Waals surface area (Å²) in [6.07, 6.45) is 0. The van der Waals surface area contributed by atoms with Crippen LogP contribution >= 0.6 is 0 Å². The van der Waals surface area contributed by atoms with Crippen molar-refractivity contribution < 1.29 is 23.6 Å². The molecule has 0 saturated heterocycles. The average molecular weight is 322 g/mol. The summed E-state index contributed by atoms with van der Waals surface area (Å²) in [7, 11) is -0.507. The third kappa shape index (κ3) is 3.08. The second kappa shape index (κ2) is 6.81. The smallest absolute Gasteiger partial charge is 0.191 e. The summed E-state index contributed by atoms with van der Waals surface area (Å²) in [6, 6.07) is 13.5. The van der Waals surface area contributed by atoms with Gasteiger partial charge < -0.3 is 15.2 Å². The monoisotopic (exact) mass is 322 g/mol. The molecule has 0 radical (unpaired) electrons. The maximum Gasteiger partial charge on any atom is 0.191 e. The van der Waals surface area contributed by atoms with E-state index in [1.165, 1.54) is 14.2 Å². The third-order valence-electron chi connectivity index (χ3n) is 3.49. The van der Waals surface area contributed by atoms with E-state index < -0.39 is 15.1 Å². The zero-order chi connectivity index (χ0) is 16.2. The molecule has 0 fully saturated rings. The molecule has 1 atom stereocenters. The first-order valence-corrected chi connectivity index (χ1v) is 8.39. The van der Waals surface area contributed by atoms with Crippen molar-refractivity contribution >= 4 is 9.84 Å². The van der Waals surface area contributed by atoms with E-state index in [1.807, 2.05) is 0 Å². The molecule has 0 amide bonds. The number of hydrogen-bond acceptors (Lipinski definition) is 4. The van der Waals surface area contributed by atoms with Crippen molar-refractivity contribution in [2.75, 3.05) is 20.8 Å². The summed E-state index contributed by atoms with van der Waals surface area (Å²) in [5, 5.41) is -0.792. The molecule has 0 heterocycles. The quantitative estimate of drug-likeness (QED) is 0.873. The van der Waals surface area contributed by atoms with E-state index in [0.717, 1.165) is 0 Å². The van der Waals surface area contributed by atoms with Gasteiger partial charge in [0.15, 0.2) is 9.84 Å². The number of rotatable bonds is 6. The van der Waals surface area contributed by atoms with E-state index in [2.05, 4.69) is 5.73 Å². The maximum absolute atomic E-state index is 12.9. The fraction of sp³-hybridized carbons (Fsp3) is 0.250. The van der Waals surface area contributed by atoms with Gasteiger partial charge in [0.05, 0.1) is 25.7 Å². The molecule has 5 nitrogen and oxygen atoms in total. The van der Waals surface area contributed by atoms with Crippen molar-refractivity contribution in [3.05, 3.63) is 54.1 Å². The molecule has 6 heteroatoms. The first-order chi connectivity index (χ1) is 10.5. The predicted molar refractivity (Wildman–Crippen MR) is 83.7 cm³/mol. The number of hydrogen-bond donors (Lipinski definition) is 1. The van der Waals surface area contributed by atoms with Crippen molar-refractivity contribution in [2.24, 2.45) is 0 Å². The fourth-order valence-corrected chi connectivity index (χ4v) is 4.04. The molecular formula is C16H20NO4S+. The van der Waals surface area contributed by atoms with Crippen LogP contribution in [-0.2, 0) is 9.84 Å². The Labute approximate surface area is 130 Å². The van der Waals surface area contributed by atoms with Crippen molar-refractivity contribution in [3.8, 4) is 11.5 Å². The zero-order valence-corrected chi connectivity index (χ0v) is 13.5. The van der Waals surface area contributed by atoms with Crippen LogP contribution in [0.15, 0.2) is 53.4 Å². The summed E-state index contributed by atoms with van der Waals surface area (Å²) in [5.74, 6) is 1.09. The Morgan fingerprint density at radius 2 is 1.73 bits per heavy atom. The van der Waals surface area contributed by atoms with Crippen LogP contribution in [0.2, 0.25) is 0 Å². The molecule has 3 N–H and O–H groups in total. The summed E-state index contributed by atoms with van der Waals surface area (Å²) in [6.45, 7) is 0.195. The lowest BCUT2D eigenvalue weighted by Gasteiger charge is -2.18. The molecule has 0 aliphatic rings. The van der Waals surface area contributed by atoms with Crippen LogP contribution in [0.3, 0.4) is 0 Å². The first kappa shape index (κ1) is 16.3. The molecule has 118 valence electrons. The van der Waals surface area contributed by atoms with Crippen LogP contribution in [0.5, 0.6) is 11.5 Å². The summed E-state index contributed by atoms with van der Waals surface area (Å²) in [5.41, 5.74) is 4.37. The van der Waals surface area contributed by atoms with Crippen LogP contribution in [0, 0.1) is 0 Å². The normalized spacial score (nSPS) is 12.7. The van der Waals surface area contributed by atoms with Gasteiger partial charge in [-0.2, -0.15) is 0 Å². The highest BCUT2D eigenvalue weighted by Gasteiger charge is 2.32. The molecule has 2 aromatic rings. The topological polar surface area (TPSA) is 80.2 Å². The van der Waals surface area contributed by atoms with Gasteiger partial charge in [-0.25, -0.2) is 8.42 Å². The van der Waals surface area contributed by atoms with Crippen molar-refractivity contribution in [3.63, 3.8) is 0 Å². The van der Waals surface area contributed by atoms with Crippen molar-refractivity contribution in [1.29, 1.82) is 0 Å². The highest BCUT2D eigenvalue weighted by molar-refractivity contribution is 7.91. The molecule has 0 aliphatic carbocycles. The zero-order valence-electron chi connectivity index (χ0n) is 12.7. The molecule has 0 spiro atoms. The van der Waals surface area contributed by atoms with Gasteiger partial charge in [-0.3, -0.25) is 0 Å². The van der Waals surface area contributed by atoms with Crippen LogP contribution in [-0.4, -0.2) is 29.2 Å². The van der Waals surface area contributed by atoms with Gasteiger partial charge in [0, 0.05) is 5.56 Å². The second-order valence-corrected chi connectivity index (χ2v) is 6.87. The van der Waals surface area contributed by atoms with Crippen LogP contribution in [0.1, 0.15) is 10.8 Å². The minimum Gasteiger partial charge on any atom is -0.497 e. The third-order valence-corrected chi connectivity index (χ3v) is 5.66. The average Bonchev–Trinajstić information content (AvgIpc) is 2.56. The van der Waals surface area contributed by atoms with Gasteiger partial charge in [-0.1, -0.05) is 18.2 Å². The summed E-state index contributed by atoms with van der Waals surface area (Å²) < 4.78 is 36.3. The van der Waals surface area contributed by atoms with Gasteiger partial charge in [0.1, 0.15) is 16.7 Å². The Kier molecular flexibility index (Phi) is 5.05. The minimum atomic E-state index is -3.56. The first-order valence-electron chi connectivity index (χ1n) is 6.84. The molecular weight excluding hydrogens is 302 g/mol.